The quantitative estimate of drug-likeness (QED) is 0.200. The summed E-state index contributed by atoms with van der Waals surface area (Å²) in [6.45, 7) is 11.0. The van der Waals surface area contributed by atoms with Gasteiger partial charge in [-0.1, -0.05) is 90.6 Å². The van der Waals surface area contributed by atoms with Gasteiger partial charge in [-0.25, -0.2) is 4.79 Å². The molecule has 1 heterocycles. The first-order valence-electron chi connectivity index (χ1n) is 17.3. The third-order valence-electron chi connectivity index (χ3n) is 11.0. The Kier molecular flexibility index (Phi) is 10.1. The maximum Gasteiger partial charge on any atom is 0.315 e. The first kappa shape index (κ1) is 34.9. The van der Waals surface area contributed by atoms with Crippen molar-refractivity contribution in [3.8, 4) is 0 Å². The minimum Gasteiger partial charge on any atom is -0.374 e. The van der Waals surface area contributed by atoms with Gasteiger partial charge in [0.1, 0.15) is 18.1 Å². The van der Waals surface area contributed by atoms with Crippen LogP contribution in [0.2, 0.25) is 0 Å². The summed E-state index contributed by atoms with van der Waals surface area (Å²) in [5, 5.41) is 9.04. The first-order valence-corrected chi connectivity index (χ1v) is 17.3. The van der Waals surface area contributed by atoms with E-state index in [-0.39, 0.29) is 29.1 Å². The van der Waals surface area contributed by atoms with Crippen molar-refractivity contribution < 1.29 is 28.7 Å². The number of ketones is 1. The Labute approximate surface area is 278 Å². The highest BCUT2D eigenvalue weighted by atomic mass is 16.5. The standard InChI is InChI=1S/C36H53N5O6/c1-34(2,3)29(39-33(46)40-36(17-11-6-7-12-18-36)21-47-20-22-13-9-8-10-14-22)32(45)41-19-24-25(35(24,4)5)27(41)31(44)38-26(23-15-16-23)28(42)30(37)43/h8-10,13-14,23-27,29H,6-7,11-12,15-21H2,1-5H3,(H2,37,43)(H,38,44)(H2,39,40,46)/t24-,25-,26?,27-,29+/m0/s1. The van der Waals surface area contributed by atoms with Crippen LogP contribution >= 0.6 is 0 Å². The lowest BCUT2D eigenvalue weighted by atomic mass is 9.85. The smallest absolute Gasteiger partial charge is 0.315 e. The van der Waals surface area contributed by atoms with Gasteiger partial charge in [0.15, 0.2) is 0 Å². The Morgan fingerprint density at radius 3 is 2.19 bits per heavy atom. The number of carbonyl (C=O) groups is 5. The van der Waals surface area contributed by atoms with Crippen LogP contribution in [0.4, 0.5) is 4.79 Å². The van der Waals surface area contributed by atoms with Crippen molar-refractivity contribution in [2.24, 2.45) is 34.3 Å². The van der Waals surface area contributed by atoms with Crippen molar-refractivity contribution in [1.82, 2.24) is 20.9 Å². The molecule has 0 radical (unpaired) electrons. The Morgan fingerprint density at radius 1 is 0.979 bits per heavy atom. The monoisotopic (exact) mass is 651 g/mol. The van der Waals surface area contributed by atoms with Crippen molar-refractivity contribution in [3.63, 3.8) is 0 Å². The molecule has 0 spiro atoms. The molecule has 0 aromatic heterocycles. The second-order valence-electron chi connectivity index (χ2n) is 16.0. The number of benzene rings is 1. The van der Waals surface area contributed by atoms with Gasteiger partial charge < -0.3 is 31.3 Å². The molecule has 1 aromatic carbocycles. The SMILES string of the molecule is CC(C)(C)[C@H](NC(=O)NC1(COCc2ccccc2)CCCCCC1)C(=O)N1C[C@H]2[C@@H]([C@H]1C(=O)NC(C(=O)C(N)=O)C1CC1)C2(C)C. The van der Waals surface area contributed by atoms with Gasteiger partial charge in [-0.3, -0.25) is 19.2 Å². The zero-order valence-electron chi connectivity index (χ0n) is 28.6. The summed E-state index contributed by atoms with van der Waals surface area (Å²) in [5.74, 6) is -2.80. The van der Waals surface area contributed by atoms with Gasteiger partial charge in [-0.2, -0.15) is 0 Å². The number of Topliss-reactive ketones (excluding diaryl/α,β-unsaturated/α-hetero) is 1. The number of rotatable bonds is 12. The van der Waals surface area contributed by atoms with E-state index in [0.29, 0.717) is 19.8 Å². The van der Waals surface area contributed by atoms with Crippen molar-refractivity contribution in [2.75, 3.05) is 13.2 Å². The van der Waals surface area contributed by atoms with Gasteiger partial charge in [0, 0.05) is 6.54 Å². The molecule has 1 aliphatic heterocycles. The number of nitrogens with two attached hydrogens (primary N) is 1. The number of hydrogen-bond acceptors (Lipinski definition) is 6. The molecule has 0 bridgehead atoms. The highest BCUT2D eigenvalue weighted by Gasteiger charge is 2.70. The largest absolute Gasteiger partial charge is 0.374 e. The van der Waals surface area contributed by atoms with E-state index >= 15 is 0 Å². The number of piperidine rings is 1. The summed E-state index contributed by atoms with van der Waals surface area (Å²) >= 11 is 0. The van der Waals surface area contributed by atoms with Crippen molar-refractivity contribution in [2.45, 2.75) is 116 Å². The van der Waals surface area contributed by atoms with Crippen molar-refractivity contribution in [1.29, 1.82) is 0 Å². The number of hydrogen-bond donors (Lipinski definition) is 4. The summed E-state index contributed by atoms with van der Waals surface area (Å²) < 4.78 is 6.17. The maximum absolute atomic E-state index is 14.4. The fourth-order valence-electron chi connectivity index (χ4n) is 7.90. The number of amides is 5. The van der Waals surface area contributed by atoms with E-state index in [9.17, 15) is 24.0 Å². The van der Waals surface area contributed by atoms with E-state index in [2.05, 4.69) is 29.8 Å². The van der Waals surface area contributed by atoms with Crippen LogP contribution < -0.4 is 21.7 Å². The average molecular weight is 652 g/mol. The number of fused-ring (bicyclic) bond motifs is 1. The Balaban J connectivity index is 1.30. The minimum atomic E-state index is -1.08. The van der Waals surface area contributed by atoms with Gasteiger partial charge in [0.05, 0.1) is 18.8 Å². The highest BCUT2D eigenvalue weighted by molar-refractivity contribution is 6.38. The topological polar surface area (TPSA) is 160 Å². The first-order chi connectivity index (χ1) is 22.1. The van der Waals surface area contributed by atoms with Crippen LogP contribution in [-0.4, -0.2) is 71.3 Å². The molecule has 3 aliphatic carbocycles. The molecule has 3 saturated carbocycles. The summed E-state index contributed by atoms with van der Waals surface area (Å²) in [6, 6.07) is 6.77. The molecule has 11 nitrogen and oxygen atoms in total. The number of likely N-dealkylation sites (tertiary alicyclic amines) is 1. The molecule has 1 saturated heterocycles. The van der Waals surface area contributed by atoms with E-state index in [4.69, 9.17) is 10.5 Å². The van der Waals surface area contributed by atoms with E-state index < -0.39 is 52.7 Å². The Hall–Kier alpha value is -3.47. The summed E-state index contributed by atoms with van der Waals surface area (Å²) in [7, 11) is 0. The molecule has 5 atom stereocenters. The molecule has 11 heteroatoms. The predicted molar refractivity (Wildman–Crippen MR) is 177 cm³/mol. The van der Waals surface area contributed by atoms with E-state index in [0.717, 1.165) is 56.9 Å². The molecular weight excluding hydrogens is 598 g/mol. The van der Waals surface area contributed by atoms with Crippen molar-refractivity contribution in [3.05, 3.63) is 35.9 Å². The van der Waals surface area contributed by atoms with E-state index in [1.165, 1.54) is 0 Å². The van der Waals surface area contributed by atoms with Crippen LogP contribution in [0.15, 0.2) is 30.3 Å². The van der Waals surface area contributed by atoms with Crippen LogP contribution in [0, 0.1) is 28.6 Å². The second kappa shape index (κ2) is 13.6. The molecular formula is C36H53N5O6. The average Bonchev–Trinajstić information content (AvgIpc) is 3.90. The number of carbonyl (C=O) groups excluding carboxylic acids is 5. The summed E-state index contributed by atoms with van der Waals surface area (Å²) in [6.07, 6.45) is 7.13. The van der Waals surface area contributed by atoms with Crippen LogP contribution in [0.5, 0.6) is 0 Å². The Bertz CT molecular complexity index is 1350. The second-order valence-corrected chi connectivity index (χ2v) is 16.0. The third kappa shape index (κ3) is 7.82. The van der Waals surface area contributed by atoms with Gasteiger partial charge in [0.25, 0.3) is 5.91 Å². The summed E-state index contributed by atoms with van der Waals surface area (Å²) in [4.78, 5) is 67.9. The van der Waals surface area contributed by atoms with Crippen LogP contribution in [0.1, 0.15) is 91.5 Å². The third-order valence-corrected chi connectivity index (χ3v) is 11.0. The fraction of sp³-hybridized carbons (Fsp3) is 0.694. The Morgan fingerprint density at radius 2 is 1.62 bits per heavy atom. The summed E-state index contributed by atoms with van der Waals surface area (Å²) in [5.41, 5.74) is 4.97. The normalized spacial score (nSPS) is 25.8. The number of primary amides is 1. The van der Waals surface area contributed by atoms with Crippen LogP contribution in [-0.2, 0) is 30.5 Å². The molecule has 4 aliphatic rings. The minimum absolute atomic E-state index is 0.0968. The fourth-order valence-corrected chi connectivity index (χ4v) is 7.90. The van der Waals surface area contributed by atoms with Gasteiger partial charge in [-0.05, 0) is 59.8 Å². The zero-order chi connectivity index (χ0) is 34.1. The molecule has 258 valence electrons. The molecule has 5 amide bonds. The lowest BCUT2D eigenvalue weighted by molar-refractivity contribution is -0.145. The molecule has 1 unspecified atom stereocenters. The molecule has 5 rings (SSSR count). The lowest BCUT2D eigenvalue weighted by Crippen LogP contribution is -2.63. The van der Waals surface area contributed by atoms with E-state index in [1.807, 2.05) is 51.1 Å². The van der Waals surface area contributed by atoms with Gasteiger partial charge >= 0.3 is 6.03 Å². The molecule has 4 fully saturated rings. The molecule has 1 aromatic rings. The lowest BCUT2D eigenvalue weighted by Gasteiger charge is -2.39. The predicted octanol–water partition coefficient (Wildman–Crippen LogP) is 3.44. The number of ether oxygens (including phenoxy) is 1. The number of urea groups is 1. The molecule has 5 N–H and O–H groups in total. The van der Waals surface area contributed by atoms with Crippen LogP contribution in [0.3, 0.4) is 0 Å². The van der Waals surface area contributed by atoms with Gasteiger partial charge in [0.2, 0.25) is 17.6 Å². The van der Waals surface area contributed by atoms with Gasteiger partial charge in [-0.15, -0.1) is 0 Å². The zero-order valence-corrected chi connectivity index (χ0v) is 28.6. The number of nitrogens with zero attached hydrogens (tertiary/aromatic N) is 1. The van der Waals surface area contributed by atoms with Crippen LogP contribution in [0.25, 0.3) is 0 Å². The van der Waals surface area contributed by atoms with E-state index in [1.54, 1.807) is 4.90 Å². The highest BCUT2D eigenvalue weighted by Crippen LogP contribution is 2.65. The number of nitrogens with one attached hydrogen (secondary N) is 3. The molecule has 47 heavy (non-hydrogen) atoms. The van der Waals surface area contributed by atoms with Crippen molar-refractivity contribution >= 4 is 29.5 Å². The maximum atomic E-state index is 14.4.